The number of aliphatic imine (C=N–C) groups is 1. The number of hydrogen-bond donors (Lipinski definition) is 1. The lowest BCUT2D eigenvalue weighted by Gasteiger charge is -2.26. The molecule has 0 atom stereocenters. The second-order valence-corrected chi connectivity index (χ2v) is 5.89. The molecular formula is C14H16BrN3. The van der Waals surface area contributed by atoms with Gasteiger partial charge in [0.15, 0.2) is 5.96 Å². The number of benzene rings is 1. The molecule has 0 spiro atoms. The summed E-state index contributed by atoms with van der Waals surface area (Å²) in [6.45, 7) is 0.880. The molecule has 18 heavy (non-hydrogen) atoms. The van der Waals surface area contributed by atoms with Crippen molar-refractivity contribution in [2.45, 2.75) is 18.9 Å². The van der Waals surface area contributed by atoms with Gasteiger partial charge in [0.25, 0.3) is 0 Å². The van der Waals surface area contributed by atoms with E-state index in [1.54, 1.807) is 0 Å². The summed E-state index contributed by atoms with van der Waals surface area (Å²) in [7, 11) is 2.06. The van der Waals surface area contributed by atoms with Crippen molar-refractivity contribution in [3.05, 3.63) is 46.1 Å². The molecule has 94 valence electrons. The summed E-state index contributed by atoms with van der Waals surface area (Å²) >= 11 is 3.49. The molecule has 2 aliphatic rings. The molecular weight excluding hydrogens is 290 g/mol. The third-order valence-electron chi connectivity index (χ3n) is 3.44. The fourth-order valence-electron chi connectivity index (χ4n) is 2.54. The molecule has 1 heterocycles. The normalized spacial score (nSPS) is 21.8. The van der Waals surface area contributed by atoms with Crippen molar-refractivity contribution in [3.8, 4) is 0 Å². The minimum Gasteiger partial charge on any atom is -0.341 e. The number of nitrogens with zero attached hydrogens (tertiary/aromatic N) is 2. The predicted octanol–water partition coefficient (Wildman–Crippen LogP) is 2.28. The highest BCUT2D eigenvalue weighted by Gasteiger charge is 2.22. The van der Waals surface area contributed by atoms with Gasteiger partial charge >= 0.3 is 0 Å². The number of likely N-dealkylation sites (N-methyl/N-ethyl adjacent to an activating group) is 1. The van der Waals surface area contributed by atoms with Gasteiger partial charge in [0, 0.05) is 17.7 Å². The van der Waals surface area contributed by atoms with E-state index in [-0.39, 0.29) is 0 Å². The van der Waals surface area contributed by atoms with Crippen molar-refractivity contribution in [1.29, 1.82) is 0 Å². The van der Waals surface area contributed by atoms with Crippen LogP contribution >= 0.6 is 15.9 Å². The Labute approximate surface area is 116 Å². The smallest absolute Gasteiger partial charge is 0.198 e. The highest BCUT2D eigenvalue weighted by atomic mass is 79.9. The minimum atomic E-state index is 0.373. The number of hydrogen-bond acceptors (Lipinski definition) is 1. The number of guanidine groups is 1. The Bertz CT molecular complexity index is 497. The van der Waals surface area contributed by atoms with E-state index in [4.69, 9.17) is 4.99 Å². The first-order valence-corrected chi connectivity index (χ1v) is 6.98. The van der Waals surface area contributed by atoms with Crippen LogP contribution in [0.25, 0.3) is 0 Å². The molecule has 4 heteroatoms. The van der Waals surface area contributed by atoms with Crippen molar-refractivity contribution in [3.63, 3.8) is 0 Å². The van der Waals surface area contributed by atoms with E-state index in [1.165, 1.54) is 11.1 Å². The second-order valence-electron chi connectivity index (χ2n) is 4.88. The quantitative estimate of drug-likeness (QED) is 0.862. The maximum atomic E-state index is 4.83. The van der Waals surface area contributed by atoms with E-state index in [0.29, 0.717) is 6.04 Å². The first kappa shape index (κ1) is 11.8. The van der Waals surface area contributed by atoms with Crippen LogP contribution in [0.4, 0.5) is 0 Å². The van der Waals surface area contributed by atoms with Gasteiger partial charge in [0.2, 0.25) is 0 Å². The zero-order valence-corrected chi connectivity index (χ0v) is 11.9. The van der Waals surface area contributed by atoms with Gasteiger partial charge in [-0.1, -0.05) is 40.2 Å². The molecule has 0 amide bonds. The maximum Gasteiger partial charge on any atom is 0.198 e. The van der Waals surface area contributed by atoms with Crippen molar-refractivity contribution in [2.24, 2.45) is 4.99 Å². The lowest BCUT2D eigenvalue weighted by atomic mass is 10.1. The van der Waals surface area contributed by atoms with Crippen LogP contribution in [0.15, 0.2) is 39.9 Å². The van der Waals surface area contributed by atoms with E-state index in [2.05, 4.69) is 57.5 Å². The summed E-state index contributed by atoms with van der Waals surface area (Å²) in [4.78, 5) is 6.96. The van der Waals surface area contributed by atoms with Crippen LogP contribution in [0.1, 0.15) is 11.1 Å². The molecule has 1 aromatic carbocycles. The Kier molecular flexibility index (Phi) is 3.12. The number of rotatable bonds is 1. The van der Waals surface area contributed by atoms with E-state index >= 15 is 0 Å². The van der Waals surface area contributed by atoms with Crippen LogP contribution in [0, 0.1) is 0 Å². The van der Waals surface area contributed by atoms with Crippen molar-refractivity contribution < 1.29 is 0 Å². The van der Waals surface area contributed by atoms with Crippen LogP contribution < -0.4 is 5.32 Å². The summed E-state index contributed by atoms with van der Waals surface area (Å²) in [6.07, 6.45) is 4.08. The lowest BCUT2D eigenvalue weighted by molar-refractivity contribution is 0.518. The first-order valence-electron chi connectivity index (χ1n) is 6.19. The van der Waals surface area contributed by atoms with Crippen molar-refractivity contribution >= 4 is 21.9 Å². The Morgan fingerprint density at radius 3 is 2.56 bits per heavy atom. The van der Waals surface area contributed by atoms with Gasteiger partial charge in [-0.15, -0.1) is 0 Å². The van der Waals surface area contributed by atoms with Gasteiger partial charge in [-0.25, -0.2) is 4.99 Å². The topological polar surface area (TPSA) is 27.6 Å². The molecule has 3 rings (SSSR count). The third-order valence-corrected chi connectivity index (χ3v) is 3.92. The molecule has 0 radical (unpaired) electrons. The maximum absolute atomic E-state index is 4.83. The molecule has 0 fully saturated rings. The zero-order valence-electron chi connectivity index (χ0n) is 10.4. The number of halogens is 1. The van der Waals surface area contributed by atoms with Crippen LogP contribution in [0.3, 0.4) is 0 Å². The SMILES string of the molecule is CN1CC(Br)=CNC1=NC1Cc2ccccc2C1. The first-order chi connectivity index (χ1) is 8.72. The Hall–Kier alpha value is -1.29. The molecule has 1 aliphatic heterocycles. The zero-order chi connectivity index (χ0) is 12.5. The average molecular weight is 306 g/mol. The molecule has 1 N–H and O–H groups in total. The fourth-order valence-corrected chi connectivity index (χ4v) is 3.03. The van der Waals surface area contributed by atoms with E-state index < -0.39 is 0 Å². The van der Waals surface area contributed by atoms with Gasteiger partial charge in [0.05, 0.1) is 12.6 Å². The molecule has 1 aliphatic carbocycles. The number of nitrogens with one attached hydrogen (secondary N) is 1. The van der Waals surface area contributed by atoms with Gasteiger partial charge in [-0.3, -0.25) is 0 Å². The van der Waals surface area contributed by atoms with E-state index in [9.17, 15) is 0 Å². The fraction of sp³-hybridized carbons (Fsp3) is 0.357. The Morgan fingerprint density at radius 2 is 1.94 bits per heavy atom. The molecule has 1 aromatic rings. The van der Waals surface area contributed by atoms with Gasteiger partial charge in [-0.05, 0) is 24.0 Å². The summed E-state index contributed by atoms with van der Waals surface area (Å²) in [6, 6.07) is 9.02. The van der Waals surface area contributed by atoms with Crippen LogP contribution in [0.5, 0.6) is 0 Å². The average Bonchev–Trinajstić information content (AvgIpc) is 2.75. The van der Waals surface area contributed by atoms with Crippen molar-refractivity contribution in [1.82, 2.24) is 10.2 Å². The Balaban J connectivity index is 1.76. The van der Waals surface area contributed by atoms with E-state index in [1.807, 2.05) is 6.20 Å². The number of fused-ring (bicyclic) bond motifs is 1. The molecule has 0 unspecified atom stereocenters. The minimum absolute atomic E-state index is 0.373. The Morgan fingerprint density at radius 1 is 1.28 bits per heavy atom. The standard InChI is InChI=1S/C14H16BrN3/c1-18-9-12(15)8-16-14(18)17-13-6-10-4-2-3-5-11(10)7-13/h2-5,8,13H,6-7,9H2,1H3,(H,16,17). The van der Waals surface area contributed by atoms with E-state index in [0.717, 1.165) is 29.8 Å². The van der Waals surface area contributed by atoms with Crippen LogP contribution in [0.2, 0.25) is 0 Å². The summed E-state index contributed by atoms with van der Waals surface area (Å²) < 4.78 is 1.15. The van der Waals surface area contributed by atoms with Gasteiger partial charge in [0.1, 0.15) is 0 Å². The second kappa shape index (κ2) is 4.76. The highest BCUT2D eigenvalue weighted by molar-refractivity contribution is 9.11. The van der Waals surface area contributed by atoms with Crippen LogP contribution in [-0.2, 0) is 12.8 Å². The predicted molar refractivity (Wildman–Crippen MR) is 77.8 cm³/mol. The van der Waals surface area contributed by atoms with Crippen molar-refractivity contribution in [2.75, 3.05) is 13.6 Å². The molecule has 0 saturated carbocycles. The van der Waals surface area contributed by atoms with Crippen LogP contribution in [-0.4, -0.2) is 30.5 Å². The van der Waals surface area contributed by atoms with Gasteiger partial charge < -0.3 is 10.2 Å². The monoisotopic (exact) mass is 305 g/mol. The lowest BCUT2D eigenvalue weighted by Crippen LogP contribution is -2.41. The molecule has 3 nitrogen and oxygen atoms in total. The molecule has 0 aromatic heterocycles. The molecule has 0 bridgehead atoms. The van der Waals surface area contributed by atoms with Gasteiger partial charge in [-0.2, -0.15) is 0 Å². The third kappa shape index (κ3) is 2.29. The largest absolute Gasteiger partial charge is 0.341 e. The summed E-state index contributed by atoms with van der Waals surface area (Å²) in [5.74, 6) is 0.969. The summed E-state index contributed by atoms with van der Waals surface area (Å²) in [5, 5.41) is 3.24. The highest BCUT2D eigenvalue weighted by Crippen LogP contribution is 2.24. The molecule has 0 saturated heterocycles. The summed E-state index contributed by atoms with van der Waals surface area (Å²) in [5.41, 5.74) is 2.89.